The van der Waals surface area contributed by atoms with E-state index in [4.69, 9.17) is 4.74 Å². The van der Waals surface area contributed by atoms with Crippen molar-refractivity contribution in [3.05, 3.63) is 54.0 Å². The minimum Gasteiger partial charge on any atom is -0.473 e. The number of piperazine rings is 1. The van der Waals surface area contributed by atoms with Crippen LogP contribution in [0.2, 0.25) is 0 Å². The molecular weight excluding hydrogens is 365 g/mol. The van der Waals surface area contributed by atoms with E-state index in [0.717, 1.165) is 17.9 Å². The largest absolute Gasteiger partial charge is 0.473 e. The van der Waals surface area contributed by atoms with Crippen LogP contribution in [0.25, 0.3) is 0 Å². The number of pyridine rings is 1. The lowest BCUT2D eigenvalue weighted by atomic mass is 10.2. The summed E-state index contributed by atoms with van der Waals surface area (Å²) in [6, 6.07) is 10.2. The normalized spacial score (nSPS) is 20.0. The fourth-order valence-corrected chi connectivity index (χ4v) is 4.52. The van der Waals surface area contributed by atoms with Crippen LogP contribution in [0.15, 0.2) is 42.6 Å². The van der Waals surface area contributed by atoms with Gasteiger partial charge in [0, 0.05) is 49.8 Å². The summed E-state index contributed by atoms with van der Waals surface area (Å²) in [5.41, 5.74) is 1.18. The molecule has 0 radical (unpaired) electrons. The maximum Gasteiger partial charge on any atom is 0.254 e. The molecule has 2 aliphatic rings. The average Bonchev–Trinajstić information content (AvgIpc) is 3.21. The van der Waals surface area contributed by atoms with Crippen molar-refractivity contribution < 1.29 is 13.9 Å². The summed E-state index contributed by atoms with van der Waals surface area (Å²) >= 11 is 1.87. The molecule has 1 atom stereocenters. The Bertz CT molecular complexity index is 805. The van der Waals surface area contributed by atoms with Crippen molar-refractivity contribution in [3.63, 3.8) is 0 Å². The molecule has 1 aromatic heterocycles. The van der Waals surface area contributed by atoms with Crippen LogP contribution in [-0.2, 0) is 0 Å². The summed E-state index contributed by atoms with van der Waals surface area (Å²) in [4.78, 5) is 20.9. The highest BCUT2D eigenvalue weighted by Crippen LogP contribution is 2.24. The van der Waals surface area contributed by atoms with Crippen molar-refractivity contribution >= 4 is 23.4 Å². The summed E-state index contributed by atoms with van der Waals surface area (Å²) in [7, 11) is 0. The van der Waals surface area contributed by atoms with Crippen molar-refractivity contribution in [2.24, 2.45) is 0 Å². The van der Waals surface area contributed by atoms with E-state index in [1.165, 1.54) is 6.07 Å². The predicted octanol–water partition coefficient (Wildman–Crippen LogP) is 3.07. The molecule has 0 saturated carbocycles. The fourth-order valence-electron chi connectivity index (χ4n) is 3.42. The zero-order chi connectivity index (χ0) is 18.6. The van der Waals surface area contributed by atoms with Gasteiger partial charge in [-0.15, -0.1) is 0 Å². The van der Waals surface area contributed by atoms with Gasteiger partial charge in [-0.3, -0.25) is 4.79 Å². The van der Waals surface area contributed by atoms with Crippen molar-refractivity contribution in [2.45, 2.75) is 12.5 Å². The first-order chi connectivity index (χ1) is 13.2. The maximum absolute atomic E-state index is 14.0. The molecule has 4 rings (SSSR count). The quantitative estimate of drug-likeness (QED) is 0.807. The van der Waals surface area contributed by atoms with Crippen LogP contribution in [0.1, 0.15) is 16.8 Å². The van der Waals surface area contributed by atoms with Crippen LogP contribution in [0.3, 0.4) is 0 Å². The topological polar surface area (TPSA) is 45.7 Å². The second-order valence-electron chi connectivity index (χ2n) is 6.72. The Balaban J connectivity index is 1.38. The molecule has 1 aromatic carbocycles. The first kappa shape index (κ1) is 18.1. The van der Waals surface area contributed by atoms with Gasteiger partial charge in [-0.2, -0.15) is 11.8 Å². The van der Waals surface area contributed by atoms with E-state index in [2.05, 4.69) is 4.98 Å². The Morgan fingerprint density at radius 1 is 1.19 bits per heavy atom. The minimum atomic E-state index is -0.224. The molecule has 7 heteroatoms. The fraction of sp³-hybridized carbons (Fsp3) is 0.400. The highest BCUT2D eigenvalue weighted by molar-refractivity contribution is 7.99. The molecule has 2 fully saturated rings. The molecule has 1 amide bonds. The van der Waals surface area contributed by atoms with E-state index in [9.17, 15) is 9.18 Å². The van der Waals surface area contributed by atoms with Crippen LogP contribution in [-0.4, -0.2) is 59.6 Å². The number of benzene rings is 1. The molecule has 2 saturated heterocycles. The number of carbonyl (C=O) groups is 1. The number of para-hydroxylation sites is 1. The molecular formula is C20H22FN3O2S. The molecule has 0 spiro atoms. The first-order valence-electron chi connectivity index (χ1n) is 9.20. The Kier molecular flexibility index (Phi) is 5.48. The second-order valence-corrected chi connectivity index (χ2v) is 7.87. The number of hydrogen-bond donors (Lipinski definition) is 0. The number of ether oxygens (including phenoxy) is 1. The number of nitrogens with zero attached hydrogens (tertiary/aromatic N) is 3. The third kappa shape index (κ3) is 4.18. The highest BCUT2D eigenvalue weighted by Gasteiger charge is 2.24. The third-order valence-corrected chi connectivity index (χ3v) is 6.05. The Morgan fingerprint density at radius 2 is 2.00 bits per heavy atom. The second kappa shape index (κ2) is 8.17. The number of halogens is 1. The van der Waals surface area contributed by atoms with Crippen molar-refractivity contribution in [1.82, 2.24) is 9.88 Å². The van der Waals surface area contributed by atoms with Gasteiger partial charge < -0.3 is 14.5 Å². The average molecular weight is 387 g/mol. The molecule has 2 aromatic rings. The number of hydrogen-bond acceptors (Lipinski definition) is 5. The number of rotatable bonds is 4. The molecule has 2 aliphatic heterocycles. The van der Waals surface area contributed by atoms with Crippen LogP contribution < -0.4 is 9.64 Å². The van der Waals surface area contributed by atoms with Crippen LogP contribution in [0.4, 0.5) is 10.1 Å². The summed E-state index contributed by atoms with van der Waals surface area (Å²) in [5.74, 6) is 2.33. The summed E-state index contributed by atoms with van der Waals surface area (Å²) in [6.45, 7) is 2.34. The van der Waals surface area contributed by atoms with Crippen LogP contribution in [0.5, 0.6) is 5.88 Å². The third-order valence-electron chi connectivity index (χ3n) is 4.92. The SMILES string of the molecule is O=C(c1ccnc(OC2CCSC2)c1)N1CCN(c2ccccc2F)CC1. The molecule has 5 nitrogen and oxygen atoms in total. The van der Waals surface area contributed by atoms with Crippen LogP contribution >= 0.6 is 11.8 Å². The van der Waals surface area contributed by atoms with E-state index in [1.54, 1.807) is 30.5 Å². The summed E-state index contributed by atoms with van der Waals surface area (Å²) in [5, 5.41) is 0. The maximum atomic E-state index is 14.0. The first-order valence-corrected chi connectivity index (χ1v) is 10.4. The lowest BCUT2D eigenvalue weighted by Crippen LogP contribution is -2.49. The summed E-state index contributed by atoms with van der Waals surface area (Å²) < 4.78 is 19.9. The lowest BCUT2D eigenvalue weighted by molar-refractivity contribution is 0.0745. The molecule has 142 valence electrons. The van der Waals surface area contributed by atoms with Gasteiger partial charge >= 0.3 is 0 Å². The van der Waals surface area contributed by atoms with E-state index in [0.29, 0.717) is 43.3 Å². The predicted molar refractivity (Wildman–Crippen MR) is 105 cm³/mol. The van der Waals surface area contributed by atoms with Crippen molar-refractivity contribution in [1.29, 1.82) is 0 Å². The molecule has 0 bridgehead atoms. The van der Waals surface area contributed by atoms with E-state index >= 15 is 0 Å². The minimum absolute atomic E-state index is 0.0313. The van der Waals surface area contributed by atoms with E-state index in [1.807, 2.05) is 27.6 Å². The van der Waals surface area contributed by atoms with Gasteiger partial charge in [0.1, 0.15) is 11.9 Å². The van der Waals surface area contributed by atoms with Crippen molar-refractivity contribution in [2.75, 3.05) is 42.6 Å². The molecule has 1 unspecified atom stereocenters. The van der Waals surface area contributed by atoms with Gasteiger partial charge in [-0.05, 0) is 30.4 Å². The number of carbonyl (C=O) groups excluding carboxylic acids is 1. The highest BCUT2D eigenvalue weighted by atomic mass is 32.2. The van der Waals surface area contributed by atoms with Gasteiger partial charge in [-0.1, -0.05) is 12.1 Å². The standard InChI is InChI=1S/C20H22FN3O2S/c21-17-3-1-2-4-18(17)23-8-10-24(11-9-23)20(25)15-5-7-22-19(13-15)26-16-6-12-27-14-16/h1-5,7,13,16H,6,8-12,14H2. The molecule has 27 heavy (non-hydrogen) atoms. The monoisotopic (exact) mass is 387 g/mol. The molecule has 0 N–H and O–H groups in total. The molecule has 0 aliphatic carbocycles. The van der Waals surface area contributed by atoms with E-state index < -0.39 is 0 Å². The number of anilines is 1. The number of aromatic nitrogens is 1. The van der Waals surface area contributed by atoms with Gasteiger partial charge in [0.25, 0.3) is 5.91 Å². The van der Waals surface area contributed by atoms with Gasteiger partial charge in [-0.25, -0.2) is 9.37 Å². The Hall–Kier alpha value is -2.28. The lowest BCUT2D eigenvalue weighted by Gasteiger charge is -2.36. The Labute approximate surface area is 162 Å². The smallest absolute Gasteiger partial charge is 0.254 e. The van der Waals surface area contributed by atoms with Gasteiger partial charge in [0.2, 0.25) is 5.88 Å². The zero-order valence-corrected chi connectivity index (χ0v) is 15.8. The Morgan fingerprint density at radius 3 is 2.74 bits per heavy atom. The van der Waals surface area contributed by atoms with Gasteiger partial charge in [0.05, 0.1) is 5.69 Å². The van der Waals surface area contributed by atoms with E-state index in [-0.39, 0.29) is 17.8 Å². The zero-order valence-electron chi connectivity index (χ0n) is 15.0. The van der Waals surface area contributed by atoms with Crippen LogP contribution in [0, 0.1) is 5.82 Å². The number of thioether (sulfide) groups is 1. The van der Waals surface area contributed by atoms with Crippen molar-refractivity contribution in [3.8, 4) is 5.88 Å². The summed E-state index contributed by atoms with van der Waals surface area (Å²) in [6.07, 6.45) is 2.82. The number of amides is 1. The van der Waals surface area contributed by atoms with Gasteiger partial charge in [0.15, 0.2) is 0 Å². The molecule has 3 heterocycles.